The molecule has 2 aromatic carbocycles. The van der Waals surface area contributed by atoms with Crippen molar-refractivity contribution in [3.8, 4) is 24.3 Å². The van der Waals surface area contributed by atoms with Crippen LogP contribution in [0, 0.1) is 45.3 Å². The summed E-state index contributed by atoms with van der Waals surface area (Å²) in [5.41, 5.74) is 5.12. The molecule has 0 fully saturated rings. The van der Waals surface area contributed by atoms with Gasteiger partial charge in [-0.25, -0.2) is 0 Å². The zero-order valence-electron chi connectivity index (χ0n) is 14.5. The summed E-state index contributed by atoms with van der Waals surface area (Å²) in [6.07, 6.45) is 1.80. The first-order valence-electron chi connectivity index (χ1n) is 8.41. The molecule has 3 aliphatic rings. The third kappa shape index (κ3) is 1.69. The zero-order chi connectivity index (χ0) is 18.7. The zero-order valence-corrected chi connectivity index (χ0v) is 14.5. The van der Waals surface area contributed by atoms with Gasteiger partial charge in [0.25, 0.3) is 0 Å². The molecular weight excluding hydrogens is 320 g/mol. The molecule has 4 nitrogen and oxygen atoms in total. The smallest absolute Gasteiger partial charge is 0.101 e. The second-order valence-electron chi connectivity index (χ2n) is 7.50. The minimum atomic E-state index is -0.332. The minimum Gasteiger partial charge on any atom is -0.192 e. The van der Waals surface area contributed by atoms with Gasteiger partial charge in [0.2, 0.25) is 0 Å². The fourth-order valence-corrected chi connectivity index (χ4v) is 4.72. The molecule has 2 aromatic rings. The van der Waals surface area contributed by atoms with Crippen LogP contribution in [0.15, 0.2) is 24.3 Å². The van der Waals surface area contributed by atoms with Crippen LogP contribution in [-0.4, -0.2) is 0 Å². The Morgan fingerprint density at radius 2 is 0.808 bits per heavy atom. The van der Waals surface area contributed by atoms with Gasteiger partial charge < -0.3 is 0 Å². The number of benzene rings is 2. The number of fused-ring (bicyclic) bond motifs is 1. The summed E-state index contributed by atoms with van der Waals surface area (Å²) in [7, 11) is 0. The average Bonchev–Trinajstić information content (AvgIpc) is 2.68. The molecule has 122 valence electrons. The van der Waals surface area contributed by atoms with Crippen molar-refractivity contribution in [3.05, 3.63) is 68.8 Å². The number of hydrogen-bond donors (Lipinski definition) is 0. The maximum Gasteiger partial charge on any atom is 0.101 e. The van der Waals surface area contributed by atoms with Crippen LogP contribution in [0.4, 0.5) is 0 Å². The maximum atomic E-state index is 9.43. The summed E-state index contributed by atoms with van der Waals surface area (Å²) in [6.45, 7) is 4.26. The lowest BCUT2D eigenvalue weighted by Crippen LogP contribution is -2.46. The van der Waals surface area contributed by atoms with Crippen LogP contribution in [0.2, 0.25) is 0 Å². The van der Waals surface area contributed by atoms with Crippen LogP contribution < -0.4 is 0 Å². The molecule has 4 heteroatoms. The molecule has 0 N–H and O–H groups in total. The van der Waals surface area contributed by atoms with Crippen molar-refractivity contribution in [2.75, 3.05) is 0 Å². The van der Waals surface area contributed by atoms with Crippen molar-refractivity contribution in [1.29, 1.82) is 21.0 Å². The van der Waals surface area contributed by atoms with Crippen LogP contribution in [-0.2, 0) is 10.8 Å². The molecule has 0 saturated carbocycles. The second-order valence-corrected chi connectivity index (χ2v) is 7.50. The summed E-state index contributed by atoms with van der Waals surface area (Å²) >= 11 is 0. The molecule has 0 atom stereocenters. The van der Waals surface area contributed by atoms with Crippen LogP contribution in [0.1, 0.15) is 71.2 Å². The van der Waals surface area contributed by atoms with Gasteiger partial charge in [-0.1, -0.05) is 13.8 Å². The molecule has 26 heavy (non-hydrogen) atoms. The SMILES string of the molecule is CC12CCC(C)(c3cc(C#N)c(C#N)cc31)c1cc(C#N)c(C#N)cc12. The lowest BCUT2D eigenvalue weighted by molar-refractivity contribution is 0.326. The Balaban J connectivity index is 2.13. The topological polar surface area (TPSA) is 95.2 Å². The fourth-order valence-electron chi connectivity index (χ4n) is 4.72. The Morgan fingerprint density at radius 1 is 0.577 bits per heavy atom. The molecule has 0 unspecified atom stereocenters. The van der Waals surface area contributed by atoms with Gasteiger partial charge in [0.05, 0.1) is 22.3 Å². The van der Waals surface area contributed by atoms with E-state index in [4.69, 9.17) is 0 Å². The van der Waals surface area contributed by atoms with Gasteiger partial charge >= 0.3 is 0 Å². The first-order chi connectivity index (χ1) is 12.4. The highest BCUT2D eigenvalue weighted by Crippen LogP contribution is 2.59. The van der Waals surface area contributed by atoms with E-state index in [9.17, 15) is 21.0 Å². The second kappa shape index (κ2) is 4.95. The molecule has 0 heterocycles. The van der Waals surface area contributed by atoms with Gasteiger partial charge in [-0.15, -0.1) is 0 Å². The standard InChI is InChI=1S/C22H14N4/c1-21-3-4-22(2,19-7-15(11-25)13(9-23)5-17(19)21)20-8-16(12-26)14(10-24)6-18(20)21/h5-8H,3-4H2,1-2H3. The van der Waals surface area contributed by atoms with E-state index in [0.717, 1.165) is 35.1 Å². The number of rotatable bonds is 0. The van der Waals surface area contributed by atoms with E-state index in [2.05, 4.69) is 38.1 Å². The third-order valence-electron chi connectivity index (χ3n) is 6.30. The van der Waals surface area contributed by atoms with Gasteiger partial charge in [0, 0.05) is 10.8 Å². The number of hydrogen-bond acceptors (Lipinski definition) is 4. The van der Waals surface area contributed by atoms with E-state index in [1.807, 2.05) is 24.3 Å². The van der Waals surface area contributed by atoms with E-state index in [1.54, 1.807) is 0 Å². The highest BCUT2D eigenvalue weighted by Gasteiger charge is 2.52. The highest BCUT2D eigenvalue weighted by atomic mass is 14.5. The lowest BCUT2D eigenvalue weighted by Gasteiger charge is -2.53. The van der Waals surface area contributed by atoms with Crippen LogP contribution in [0.5, 0.6) is 0 Å². The number of nitrogens with zero attached hydrogens (tertiary/aromatic N) is 4. The van der Waals surface area contributed by atoms with Crippen molar-refractivity contribution in [1.82, 2.24) is 0 Å². The van der Waals surface area contributed by atoms with E-state index >= 15 is 0 Å². The van der Waals surface area contributed by atoms with Gasteiger partial charge in [-0.05, 0) is 59.4 Å². The molecule has 0 aliphatic heterocycles. The van der Waals surface area contributed by atoms with Crippen molar-refractivity contribution in [3.63, 3.8) is 0 Å². The molecule has 0 spiro atoms. The first-order valence-corrected chi connectivity index (χ1v) is 8.41. The Hall–Kier alpha value is -3.60. The average molecular weight is 334 g/mol. The molecule has 2 bridgehead atoms. The quantitative estimate of drug-likeness (QED) is 0.730. The minimum absolute atomic E-state index is 0.332. The van der Waals surface area contributed by atoms with Gasteiger partial charge in [-0.2, -0.15) is 21.0 Å². The normalized spacial score (nSPS) is 24.4. The maximum absolute atomic E-state index is 9.43. The number of nitriles is 4. The molecule has 3 aliphatic carbocycles. The molecule has 0 amide bonds. The summed E-state index contributed by atoms with van der Waals surface area (Å²) in [6, 6.07) is 15.9. The van der Waals surface area contributed by atoms with E-state index in [-0.39, 0.29) is 10.8 Å². The van der Waals surface area contributed by atoms with E-state index < -0.39 is 0 Å². The van der Waals surface area contributed by atoms with Crippen molar-refractivity contribution >= 4 is 0 Å². The van der Waals surface area contributed by atoms with Crippen molar-refractivity contribution in [2.24, 2.45) is 0 Å². The van der Waals surface area contributed by atoms with Crippen molar-refractivity contribution < 1.29 is 0 Å². The van der Waals surface area contributed by atoms with Gasteiger partial charge in [-0.3, -0.25) is 0 Å². The summed E-state index contributed by atoms with van der Waals surface area (Å²) in [5, 5.41) is 37.7. The molecular formula is C22H14N4. The highest BCUT2D eigenvalue weighted by molar-refractivity contribution is 5.68. The molecule has 0 radical (unpaired) electrons. The molecule has 0 aromatic heterocycles. The fraction of sp³-hybridized carbons (Fsp3) is 0.273. The van der Waals surface area contributed by atoms with Crippen LogP contribution in [0.25, 0.3) is 0 Å². The Morgan fingerprint density at radius 3 is 1.00 bits per heavy atom. The largest absolute Gasteiger partial charge is 0.192 e. The summed E-state index contributed by atoms with van der Waals surface area (Å²) in [5.74, 6) is 0. The van der Waals surface area contributed by atoms with E-state index in [0.29, 0.717) is 22.3 Å². The molecule has 5 rings (SSSR count). The van der Waals surface area contributed by atoms with Gasteiger partial charge in [0.1, 0.15) is 24.3 Å². The monoisotopic (exact) mass is 334 g/mol. The van der Waals surface area contributed by atoms with Crippen LogP contribution in [0.3, 0.4) is 0 Å². The molecule has 0 saturated heterocycles. The Kier molecular flexibility index (Phi) is 3.03. The predicted octanol–water partition coefficient (Wildman–Crippen LogP) is 3.89. The van der Waals surface area contributed by atoms with Crippen molar-refractivity contribution in [2.45, 2.75) is 37.5 Å². The predicted molar refractivity (Wildman–Crippen MR) is 93.9 cm³/mol. The third-order valence-corrected chi connectivity index (χ3v) is 6.30. The lowest BCUT2D eigenvalue weighted by atomic mass is 9.49. The Labute approximate surface area is 152 Å². The van der Waals surface area contributed by atoms with Gasteiger partial charge in [0.15, 0.2) is 0 Å². The summed E-state index contributed by atoms with van der Waals surface area (Å²) in [4.78, 5) is 0. The van der Waals surface area contributed by atoms with Crippen LogP contribution >= 0.6 is 0 Å². The Bertz CT molecular complexity index is 984. The summed E-state index contributed by atoms with van der Waals surface area (Å²) < 4.78 is 0. The first kappa shape index (κ1) is 15.9. The van der Waals surface area contributed by atoms with E-state index in [1.165, 1.54) is 0 Å².